The lowest BCUT2D eigenvalue weighted by molar-refractivity contribution is -0.158. The number of hydrogen-bond acceptors (Lipinski definition) is 4. The minimum Gasteiger partial charge on any atom is -0.444 e. The average molecular weight is 258 g/mol. The lowest BCUT2D eigenvalue weighted by Gasteiger charge is -2.41. The number of nitrogens with two attached hydrogens (primary N) is 1. The Bertz CT molecular complexity index is 346. The largest absolute Gasteiger partial charge is 0.444 e. The van der Waals surface area contributed by atoms with Crippen LogP contribution in [0.3, 0.4) is 0 Å². The molecule has 0 unspecified atom stereocenters. The molecule has 0 aromatic rings. The Kier molecular flexibility index (Phi) is 3.90. The van der Waals surface area contributed by atoms with Gasteiger partial charge in [0.1, 0.15) is 5.60 Å². The monoisotopic (exact) mass is 258 g/mol. The Morgan fingerprint density at radius 3 is 2.39 bits per heavy atom. The number of nitrogens with zero attached hydrogens (tertiary/aromatic N) is 1. The zero-order valence-electron chi connectivity index (χ0n) is 11.6. The number of carbonyl (C=O) groups is 2. The van der Waals surface area contributed by atoms with E-state index in [1.54, 1.807) is 34.6 Å². The minimum absolute atomic E-state index is 0.133. The van der Waals surface area contributed by atoms with Gasteiger partial charge in [-0.25, -0.2) is 4.79 Å². The van der Waals surface area contributed by atoms with E-state index in [0.717, 1.165) is 0 Å². The first-order valence-electron chi connectivity index (χ1n) is 5.95. The Morgan fingerprint density at radius 1 is 1.39 bits per heavy atom. The number of primary amides is 1. The summed E-state index contributed by atoms with van der Waals surface area (Å²) in [6, 6.07) is 0. The molecule has 18 heavy (non-hydrogen) atoms. The number of morpholine rings is 1. The fourth-order valence-electron chi connectivity index (χ4n) is 1.80. The number of ether oxygens (including phenoxy) is 2. The smallest absolute Gasteiger partial charge is 0.410 e. The Labute approximate surface area is 107 Å². The third kappa shape index (κ3) is 4.18. The summed E-state index contributed by atoms with van der Waals surface area (Å²) in [7, 11) is 0. The summed E-state index contributed by atoms with van der Waals surface area (Å²) in [6.07, 6.45) is -1.24. The fourth-order valence-corrected chi connectivity index (χ4v) is 1.80. The van der Waals surface area contributed by atoms with E-state index < -0.39 is 29.3 Å². The van der Waals surface area contributed by atoms with E-state index in [9.17, 15) is 9.59 Å². The molecule has 1 rings (SSSR count). The van der Waals surface area contributed by atoms with Crippen LogP contribution in [0.15, 0.2) is 0 Å². The number of hydrogen-bond donors (Lipinski definition) is 1. The van der Waals surface area contributed by atoms with Crippen molar-refractivity contribution in [1.82, 2.24) is 4.90 Å². The van der Waals surface area contributed by atoms with Crippen LogP contribution in [0.4, 0.5) is 4.79 Å². The molecule has 6 nitrogen and oxygen atoms in total. The Balaban J connectivity index is 2.76. The summed E-state index contributed by atoms with van der Waals surface area (Å²) in [5.74, 6) is -0.573. The molecule has 1 aliphatic rings. The van der Waals surface area contributed by atoms with Crippen molar-refractivity contribution >= 4 is 12.0 Å². The van der Waals surface area contributed by atoms with Crippen LogP contribution in [0, 0.1) is 0 Å². The molecule has 2 N–H and O–H groups in total. The van der Waals surface area contributed by atoms with E-state index in [-0.39, 0.29) is 6.54 Å². The summed E-state index contributed by atoms with van der Waals surface area (Å²) < 4.78 is 10.8. The molecule has 1 heterocycles. The predicted molar refractivity (Wildman–Crippen MR) is 66.0 cm³/mol. The maximum atomic E-state index is 12.0. The molecule has 0 aromatic heterocycles. The lowest BCUT2D eigenvalue weighted by atomic mass is 10.1. The number of amides is 2. The summed E-state index contributed by atoms with van der Waals surface area (Å²) in [5, 5.41) is 0. The van der Waals surface area contributed by atoms with E-state index in [1.807, 2.05) is 0 Å². The third-order valence-corrected chi connectivity index (χ3v) is 2.39. The van der Waals surface area contributed by atoms with Crippen molar-refractivity contribution in [3.8, 4) is 0 Å². The molecule has 0 saturated carbocycles. The number of rotatable bonds is 1. The van der Waals surface area contributed by atoms with Crippen molar-refractivity contribution in [1.29, 1.82) is 0 Å². The van der Waals surface area contributed by atoms with E-state index in [0.29, 0.717) is 6.54 Å². The predicted octanol–water partition coefficient (Wildman–Crippen LogP) is 0.886. The van der Waals surface area contributed by atoms with Crippen molar-refractivity contribution in [2.75, 3.05) is 13.1 Å². The molecule has 1 saturated heterocycles. The molecule has 0 spiro atoms. The van der Waals surface area contributed by atoms with Gasteiger partial charge in [-0.1, -0.05) is 0 Å². The minimum atomic E-state index is -0.790. The molecule has 0 radical (unpaired) electrons. The van der Waals surface area contributed by atoms with Crippen molar-refractivity contribution in [3.63, 3.8) is 0 Å². The van der Waals surface area contributed by atoms with Crippen LogP contribution in [0.5, 0.6) is 0 Å². The van der Waals surface area contributed by atoms with Crippen LogP contribution in [0.25, 0.3) is 0 Å². The molecule has 0 bridgehead atoms. The standard InChI is InChI=1S/C12H22N2O4/c1-11(2,3)18-10(16)14-6-8(9(13)15)17-12(4,5)7-14/h8H,6-7H2,1-5H3,(H2,13,15)/t8-/m1/s1. The first-order valence-corrected chi connectivity index (χ1v) is 5.95. The summed E-state index contributed by atoms with van der Waals surface area (Å²) >= 11 is 0. The van der Waals surface area contributed by atoms with Crippen LogP contribution < -0.4 is 5.73 Å². The maximum Gasteiger partial charge on any atom is 0.410 e. The lowest BCUT2D eigenvalue weighted by Crippen LogP contribution is -2.58. The highest BCUT2D eigenvalue weighted by Gasteiger charge is 2.39. The third-order valence-electron chi connectivity index (χ3n) is 2.39. The SMILES string of the molecule is CC(C)(C)OC(=O)N1C[C@H](C(N)=O)OC(C)(C)C1. The zero-order chi connectivity index (χ0) is 14.1. The second-order valence-corrected chi connectivity index (χ2v) is 6.13. The zero-order valence-corrected chi connectivity index (χ0v) is 11.6. The molecule has 2 amide bonds. The summed E-state index contributed by atoms with van der Waals surface area (Å²) in [5.41, 5.74) is 4.05. The van der Waals surface area contributed by atoms with Gasteiger partial charge in [0.25, 0.3) is 0 Å². The van der Waals surface area contributed by atoms with Crippen molar-refractivity contribution in [2.45, 2.75) is 51.9 Å². The highest BCUT2D eigenvalue weighted by Crippen LogP contribution is 2.22. The van der Waals surface area contributed by atoms with Crippen molar-refractivity contribution in [2.24, 2.45) is 5.73 Å². The Hall–Kier alpha value is -1.30. The van der Waals surface area contributed by atoms with E-state index >= 15 is 0 Å². The van der Waals surface area contributed by atoms with Crippen molar-refractivity contribution in [3.05, 3.63) is 0 Å². The summed E-state index contributed by atoms with van der Waals surface area (Å²) in [4.78, 5) is 24.6. The van der Waals surface area contributed by atoms with Gasteiger partial charge in [-0.3, -0.25) is 4.79 Å². The molecule has 1 atom stereocenters. The molecule has 0 aromatic carbocycles. The Morgan fingerprint density at radius 2 is 1.94 bits per heavy atom. The first kappa shape index (κ1) is 14.8. The number of carbonyl (C=O) groups excluding carboxylic acids is 2. The average Bonchev–Trinajstić information content (AvgIpc) is 2.12. The van der Waals surface area contributed by atoms with Gasteiger partial charge in [0.2, 0.25) is 5.91 Å². The van der Waals surface area contributed by atoms with E-state index in [1.165, 1.54) is 4.90 Å². The van der Waals surface area contributed by atoms with Gasteiger partial charge >= 0.3 is 6.09 Å². The van der Waals surface area contributed by atoms with Gasteiger partial charge < -0.3 is 20.1 Å². The van der Waals surface area contributed by atoms with Crippen LogP contribution >= 0.6 is 0 Å². The first-order chi connectivity index (χ1) is 8.00. The van der Waals surface area contributed by atoms with Gasteiger partial charge in [0, 0.05) is 0 Å². The van der Waals surface area contributed by atoms with Crippen LogP contribution in [0.2, 0.25) is 0 Å². The topological polar surface area (TPSA) is 81.9 Å². The van der Waals surface area contributed by atoms with Crippen molar-refractivity contribution < 1.29 is 19.1 Å². The highest BCUT2D eigenvalue weighted by molar-refractivity contribution is 5.80. The molecule has 6 heteroatoms. The molecule has 1 fully saturated rings. The van der Waals surface area contributed by atoms with Crippen LogP contribution in [0.1, 0.15) is 34.6 Å². The maximum absolute atomic E-state index is 12.0. The molecule has 1 aliphatic heterocycles. The van der Waals surface area contributed by atoms with Gasteiger partial charge in [-0.05, 0) is 34.6 Å². The van der Waals surface area contributed by atoms with Gasteiger partial charge in [0.05, 0.1) is 18.7 Å². The normalized spacial score (nSPS) is 23.6. The van der Waals surface area contributed by atoms with Crippen LogP contribution in [-0.2, 0) is 14.3 Å². The van der Waals surface area contributed by atoms with Crippen LogP contribution in [-0.4, -0.2) is 47.3 Å². The molecule has 0 aliphatic carbocycles. The van der Waals surface area contributed by atoms with Gasteiger partial charge in [-0.15, -0.1) is 0 Å². The fraction of sp³-hybridized carbons (Fsp3) is 0.833. The second kappa shape index (κ2) is 4.76. The van der Waals surface area contributed by atoms with Gasteiger partial charge in [0.15, 0.2) is 6.10 Å². The molecular formula is C12H22N2O4. The molecule has 104 valence electrons. The highest BCUT2D eigenvalue weighted by atomic mass is 16.6. The van der Waals surface area contributed by atoms with E-state index in [2.05, 4.69) is 0 Å². The summed E-state index contributed by atoms with van der Waals surface area (Å²) in [6.45, 7) is 9.49. The van der Waals surface area contributed by atoms with E-state index in [4.69, 9.17) is 15.2 Å². The molecular weight excluding hydrogens is 236 g/mol. The quantitative estimate of drug-likeness (QED) is 0.757. The second-order valence-electron chi connectivity index (χ2n) is 6.13. The van der Waals surface area contributed by atoms with Gasteiger partial charge in [-0.2, -0.15) is 0 Å².